The highest BCUT2D eigenvalue weighted by molar-refractivity contribution is 7.90. The third-order valence-corrected chi connectivity index (χ3v) is 12.0. The highest BCUT2D eigenvalue weighted by Gasteiger charge is 2.57. The first-order valence-corrected chi connectivity index (χ1v) is 16.6. The van der Waals surface area contributed by atoms with Crippen molar-refractivity contribution in [3.63, 3.8) is 0 Å². The number of halogens is 4. The fraction of sp³-hybridized carbons (Fsp3) is 0.562. The van der Waals surface area contributed by atoms with E-state index in [4.69, 9.17) is 5.73 Å². The number of aromatic nitrogens is 4. The van der Waals surface area contributed by atoms with E-state index in [1.54, 1.807) is 12.7 Å². The molecular weight excluding hydrogens is 592 g/mol. The number of fused-ring (bicyclic) bond motifs is 4. The normalized spacial score (nSPS) is 31.1. The van der Waals surface area contributed by atoms with Gasteiger partial charge in [-0.2, -0.15) is 0 Å². The minimum Gasteiger partial charge on any atom is -0.598 e. The van der Waals surface area contributed by atoms with Crippen LogP contribution in [0.15, 0.2) is 36.9 Å². The molecule has 2 aromatic heterocycles. The second-order valence-electron chi connectivity index (χ2n) is 14.0. The van der Waals surface area contributed by atoms with Gasteiger partial charge in [0.05, 0.1) is 34.7 Å². The maximum absolute atomic E-state index is 13.6. The monoisotopic (exact) mass is 630 g/mol. The van der Waals surface area contributed by atoms with Crippen LogP contribution in [0, 0.1) is 58.8 Å². The highest BCUT2D eigenvalue weighted by Crippen LogP contribution is 2.61. The first kappa shape index (κ1) is 30.0. The summed E-state index contributed by atoms with van der Waals surface area (Å²) in [7, 11) is 0. The lowest BCUT2D eigenvalue weighted by Crippen LogP contribution is -2.40. The molecule has 2 heterocycles. The molecule has 9 atom stereocenters. The van der Waals surface area contributed by atoms with Crippen LogP contribution in [0.25, 0.3) is 22.1 Å². The molecule has 5 unspecified atom stereocenters. The van der Waals surface area contributed by atoms with Gasteiger partial charge in [0.25, 0.3) is 0 Å². The Morgan fingerprint density at radius 3 is 1.59 bits per heavy atom. The molecule has 0 bridgehead atoms. The third kappa shape index (κ3) is 5.31. The van der Waals surface area contributed by atoms with Crippen molar-refractivity contribution in [1.29, 1.82) is 0 Å². The number of nitrogens with two attached hydrogens (primary N) is 1. The Morgan fingerprint density at radius 1 is 0.773 bits per heavy atom. The summed E-state index contributed by atoms with van der Waals surface area (Å²) in [5.41, 5.74) is 8.08. The van der Waals surface area contributed by atoms with Gasteiger partial charge in [-0.05, 0) is 88.5 Å². The largest absolute Gasteiger partial charge is 0.598 e. The maximum Gasteiger partial charge on any atom is 0.161 e. The lowest BCUT2D eigenvalue weighted by atomic mass is 10.1. The summed E-state index contributed by atoms with van der Waals surface area (Å²) in [5.74, 6) is 0.609. The molecule has 44 heavy (non-hydrogen) atoms. The lowest BCUT2D eigenvalue weighted by molar-refractivity contribution is 0.430. The summed E-state index contributed by atoms with van der Waals surface area (Å²) < 4.78 is 72.4. The van der Waals surface area contributed by atoms with E-state index in [2.05, 4.69) is 14.7 Å². The van der Waals surface area contributed by atoms with Gasteiger partial charge in [0, 0.05) is 54.3 Å². The lowest BCUT2D eigenvalue weighted by Gasteiger charge is -2.24. The molecule has 4 saturated carbocycles. The van der Waals surface area contributed by atoms with Crippen LogP contribution in [0.1, 0.15) is 58.5 Å². The van der Waals surface area contributed by atoms with Gasteiger partial charge < -0.3 is 19.4 Å². The van der Waals surface area contributed by atoms with Crippen LogP contribution in [0.3, 0.4) is 0 Å². The van der Waals surface area contributed by atoms with Crippen LogP contribution in [-0.4, -0.2) is 41.5 Å². The fourth-order valence-electron chi connectivity index (χ4n) is 8.02. The summed E-state index contributed by atoms with van der Waals surface area (Å²) >= 11 is -1.03. The third-order valence-electron chi connectivity index (χ3n) is 10.5. The van der Waals surface area contributed by atoms with Crippen LogP contribution in [0.2, 0.25) is 0 Å². The fourth-order valence-corrected chi connectivity index (χ4v) is 8.80. The molecule has 4 fully saturated rings. The minimum atomic E-state index is -1.03. The number of hydrogen-bond acceptors (Lipinski definition) is 5. The van der Waals surface area contributed by atoms with Gasteiger partial charge in [-0.1, -0.05) is 0 Å². The first-order chi connectivity index (χ1) is 20.9. The summed E-state index contributed by atoms with van der Waals surface area (Å²) in [6, 6.07) is 5.46. The summed E-state index contributed by atoms with van der Waals surface area (Å²) in [6.45, 7) is 7.45. The van der Waals surface area contributed by atoms with Crippen LogP contribution in [0.4, 0.5) is 17.6 Å². The summed E-state index contributed by atoms with van der Waals surface area (Å²) in [6.07, 6.45) is 7.60. The standard InChI is InChI=1S/C18H23F2N3OS.C14H15F2N3/c1-18(2,3)25(24)22-8-13-11-4-10(5-12(11)13)23-9-21-16-6-14(19)15(20)7-17(16)23;15-11-3-13-14(4-12(11)16)19(6-18-13)7-1-8-9(2-7)10(8)5-17/h6-7,9-13,22H,4-5,8H2,1-3H3;3-4,6-10H,1-2,5,17H2/t10?,11-,12+,13?,25?;7?,8-,9+,10?. The number of hydrogen-bond donors (Lipinski definition) is 2. The Labute approximate surface area is 256 Å². The Morgan fingerprint density at radius 2 is 1.18 bits per heavy atom. The van der Waals surface area contributed by atoms with Crippen molar-refractivity contribution in [2.75, 3.05) is 13.1 Å². The molecule has 0 spiro atoms. The molecule has 4 aliphatic rings. The molecule has 4 aliphatic carbocycles. The quantitative estimate of drug-likeness (QED) is 0.200. The molecule has 0 amide bonds. The van der Waals surface area contributed by atoms with Gasteiger partial charge >= 0.3 is 0 Å². The van der Waals surface area contributed by atoms with Gasteiger partial charge in [0.2, 0.25) is 0 Å². The van der Waals surface area contributed by atoms with E-state index in [1.807, 2.05) is 29.9 Å². The van der Waals surface area contributed by atoms with Crippen molar-refractivity contribution in [3.8, 4) is 0 Å². The molecule has 4 aromatic rings. The molecular formula is C32H38F4N6OS. The first-order valence-electron chi connectivity index (χ1n) is 15.4. The molecule has 236 valence electrons. The Balaban J connectivity index is 0.000000147. The number of imidazole rings is 2. The van der Waals surface area contributed by atoms with Gasteiger partial charge in [0.15, 0.2) is 23.3 Å². The highest BCUT2D eigenvalue weighted by atomic mass is 32.2. The number of nitrogens with one attached hydrogen (secondary N) is 1. The second-order valence-corrected chi connectivity index (χ2v) is 16.1. The van der Waals surface area contributed by atoms with Gasteiger partial charge in [-0.15, -0.1) is 4.72 Å². The van der Waals surface area contributed by atoms with Crippen LogP contribution < -0.4 is 10.5 Å². The maximum atomic E-state index is 13.6. The van der Waals surface area contributed by atoms with E-state index >= 15 is 0 Å². The number of benzene rings is 2. The SMILES string of the molecule is CC(C)(C)[S+]([O-])NCC1[C@H]2CC(n3cnc4cc(F)c(F)cc43)C[C@@H]12.NCC1[C@H]2CC(n3cnc4cc(F)c(F)cc43)C[C@@H]12. The average Bonchev–Trinajstić information content (AvgIpc) is 3.42. The molecule has 0 saturated heterocycles. The van der Waals surface area contributed by atoms with Gasteiger partial charge in [-0.25, -0.2) is 27.5 Å². The zero-order valence-electron chi connectivity index (χ0n) is 25.0. The van der Waals surface area contributed by atoms with E-state index in [0.717, 1.165) is 56.7 Å². The van der Waals surface area contributed by atoms with Gasteiger partial charge in [-0.3, -0.25) is 0 Å². The van der Waals surface area contributed by atoms with E-state index < -0.39 is 34.6 Å². The second kappa shape index (κ2) is 11.0. The summed E-state index contributed by atoms with van der Waals surface area (Å²) in [5, 5.41) is 0. The zero-order valence-corrected chi connectivity index (χ0v) is 25.8. The predicted octanol–water partition coefficient (Wildman–Crippen LogP) is 6.03. The smallest absolute Gasteiger partial charge is 0.161 e. The molecule has 12 heteroatoms. The minimum absolute atomic E-state index is 0.248. The molecule has 8 rings (SSSR count). The van der Waals surface area contributed by atoms with Crippen molar-refractivity contribution in [2.24, 2.45) is 41.2 Å². The van der Waals surface area contributed by atoms with Crippen molar-refractivity contribution in [1.82, 2.24) is 23.8 Å². The molecule has 0 aliphatic heterocycles. The average molecular weight is 631 g/mol. The van der Waals surface area contributed by atoms with Crippen LogP contribution >= 0.6 is 0 Å². The predicted molar refractivity (Wildman–Crippen MR) is 162 cm³/mol. The van der Waals surface area contributed by atoms with Crippen LogP contribution in [0.5, 0.6) is 0 Å². The molecule has 0 radical (unpaired) electrons. The van der Waals surface area contributed by atoms with E-state index in [0.29, 0.717) is 51.8 Å². The Hall–Kier alpha value is -2.67. The topological polar surface area (TPSA) is 96.7 Å². The van der Waals surface area contributed by atoms with Crippen molar-refractivity contribution < 1.29 is 22.1 Å². The Kier molecular flexibility index (Phi) is 7.50. The number of nitrogens with zero attached hydrogens (tertiary/aromatic N) is 4. The molecule has 3 N–H and O–H groups in total. The van der Waals surface area contributed by atoms with Crippen molar-refractivity contribution >= 4 is 33.4 Å². The summed E-state index contributed by atoms with van der Waals surface area (Å²) in [4.78, 5) is 8.39. The zero-order chi connectivity index (χ0) is 31.1. The van der Waals surface area contributed by atoms with E-state index in [-0.39, 0.29) is 10.8 Å². The molecule has 2 aromatic carbocycles. The van der Waals surface area contributed by atoms with E-state index in [9.17, 15) is 22.1 Å². The number of rotatable bonds is 6. The molecule has 7 nitrogen and oxygen atoms in total. The van der Waals surface area contributed by atoms with Crippen LogP contribution in [-0.2, 0) is 11.4 Å². The van der Waals surface area contributed by atoms with Crippen molar-refractivity contribution in [3.05, 3.63) is 60.2 Å². The van der Waals surface area contributed by atoms with E-state index in [1.165, 1.54) is 18.2 Å². The van der Waals surface area contributed by atoms with Crippen molar-refractivity contribution in [2.45, 2.75) is 63.3 Å². The Bertz CT molecular complexity index is 1680. The van der Waals surface area contributed by atoms with Gasteiger partial charge in [0.1, 0.15) is 4.75 Å².